The van der Waals surface area contributed by atoms with Crippen molar-refractivity contribution in [2.24, 2.45) is 11.8 Å². The summed E-state index contributed by atoms with van der Waals surface area (Å²) in [7, 11) is 0. The number of likely N-dealkylation sites (N-methyl/N-ethyl adjacent to an activating group) is 1. The Kier molecular flexibility index (Phi) is 5.62. The van der Waals surface area contributed by atoms with Crippen LogP contribution in [0, 0.1) is 11.8 Å². The molecule has 0 atom stereocenters. The lowest BCUT2D eigenvalue weighted by Crippen LogP contribution is -2.45. The first-order valence-corrected chi connectivity index (χ1v) is 6.63. The first-order valence-electron chi connectivity index (χ1n) is 6.63. The van der Waals surface area contributed by atoms with Crippen LogP contribution in [0.25, 0.3) is 0 Å². The maximum atomic E-state index is 3.66. The smallest absolute Gasteiger partial charge is 0.0107 e. The molecule has 1 rings (SSSR count). The first-order chi connectivity index (χ1) is 7.17. The fourth-order valence-corrected chi connectivity index (χ4v) is 2.34. The summed E-state index contributed by atoms with van der Waals surface area (Å²) < 4.78 is 0. The normalized spacial score (nSPS) is 26.0. The zero-order chi connectivity index (χ0) is 11.3. The van der Waals surface area contributed by atoms with Crippen molar-refractivity contribution in [1.29, 1.82) is 0 Å². The Balaban J connectivity index is 1.99. The van der Waals surface area contributed by atoms with Crippen molar-refractivity contribution in [2.45, 2.75) is 46.6 Å². The second-order valence-electron chi connectivity index (χ2n) is 5.15. The van der Waals surface area contributed by atoms with Crippen LogP contribution in [0.15, 0.2) is 0 Å². The molecule has 2 heteroatoms. The van der Waals surface area contributed by atoms with Crippen molar-refractivity contribution in [1.82, 2.24) is 10.2 Å². The van der Waals surface area contributed by atoms with Crippen LogP contribution in [-0.4, -0.2) is 37.1 Å². The van der Waals surface area contributed by atoms with E-state index in [-0.39, 0.29) is 0 Å². The lowest BCUT2D eigenvalue weighted by Gasteiger charge is -2.39. The first kappa shape index (κ1) is 13.0. The topological polar surface area (TPSA) is 15.3 Å². The van der Waals surface area contributed by atoms with Crippen molar-refractivity contribution in [3.05, 3.63) is 0 Å². The van der Waals surface area contributed by atoms with Crippen LogP contribution in [0.5, 0.6) is 0 Å². The number of rotatable bonds is 7. The fraction of sp³-hybridized carbons (Fsp3) is 1.00. The van der Waals surface area contributed by atoms with E-state index in [2.05, 4.69) is 37.9 Å². The molecular formula is C13H28N2. The van der Waals surface area contributed by atoms with Crippen LogP contribution in [0.4, 0.5) is 0 Å². The van der Waals surface area contributed by atoms with E-state index in [9.17, 15) is 0 Å². The molecule has 1 N–H and O–H groups in total. The Hall–Kier alpha value is -0.0800. The summed E-state index contributed by atoms with van der Waals surface area (Å²) in [6.07, 6.45) is 2.80. The minimum absolute atomic E-state index is 0.813. The molecule has 1 saturated carbocycles. The van der Waals surface area contributed by atoms with Gasteiger partial charge in [-0.3, -0.25) is 0 Å². The molecule has 0 aliphatic heterocycles. The Morgan fingerprint density at radius 1 is 1.20 bits per heavy atom. The van der Waals surface area contributed by atoms with E-state index in [1.807, 2.05) is 0 Å². The highest BCUT2D eigenvalue weighted by Gasteiger charge is 2.30. The average Bonchev–Trinajstić information content (AvgIpc) is 2.14. The highest BCUT2D eigenvalue weighted by Crippen LogP contribution is 2.33. The summed E-state index contributed by atoms with van der Waals surface area (Å²) in [5.41, 5.74) is 0. The van der Waals surface area contributed by atoms with Crippen LogP contribution >= 0.6 is 0 Å². The van der Waals surface area contributed by atoms with E-state index in [1.165, 1.54) is 32.5 Å². The largest absolute Gasteiger partial charge is 0.313 e. The van der Waals surface area contributed by atoms with Crippen molar-refractivity contribution in [2.75, 3.05) is 26.2 Å². The van der Waals surface area contributed by atoms with Gasteiger partial charge in [0.1, 0.15) is 0 Å². The van der Waals surface area contributed by atoms with Crippen molar-refractivity contribution in [3.8, 4) is 0 Å². The van der Waals surface area contributed by atoms with Crippen LogP contribution < -0.4 is 5.32 Å². The predicted octanol–water partition coefficient (Wildman–Crippen LogP) is 2.35. The molecule has 0 aromatic rings. The third kappa shape index (κ3) is 4.12. The van der Waals surface area contributed by atoms with E-state index in [4.69, 9.17) is 0 Å². The summed E-state index contributed by atoms with van der Waals surface area (Å²) in [6, 6.07) is 0.813. The van der Waals surface area contributed by atoms with Crippen molar-refractivity contribution < 1.29 is 0 Å². The third-order valence-electron chi connectivity index (χ3n) is 3.87. The Morgan fingerprint density at radius 3 is 2.27 bits per heavy atom. The van der Waals surface area contributed by atoms with E-state index in [0.29, 0.717) is 0 Å². The van der Waals surface area contributed by atoms with Gasteiger partial charge in [-0.15, -0.1) is 0 Å². The van der Waals surface area contributed by atoms with Gasteiger partial charge >= 0.3 is 0 Å². The molecule has 1 aliphatic rings. The van der Waals surface area contributed by atoms with Crippen LogP contribution in [0.2, 0.25) is 0 Å². The van der Waals surface area contributed by atoms with Gasteiger partial charge in [-0.2, -0.15) is 0 Å². The maximum absolute atomic E-state index is 3.66. The monoisotopic (exact) mass is 212 g/mol. The summed E-state index contributed by atoms with van der Waals surface area (Å²) in [5.74, 6) is 1.86. The van der Waals surface area contributed by atoms with Crippen molar-refractivity contribution in [3.63, 3.8) is 0 Å². The molecule has 0 heterocycles. The van der Waals surface area contributed by atoms with Gasteiger partial charge in [-0.1, -0.05) is 27.7 Å². The second kappa shape index (κ2) is 6.49. The molecule has 0 aromatic carbocycles. The number of nitrogens with zero attached hydrogens (tertiary/aromatic N) is 1. The minimum atomic E-state index is 0.813. The highest BCUT2D eigenvalue weighted by molar-refractivity contribution is 4.86. The Labute approximate surface area is 95.4 Å². The molecule has 0 amide bonds. The Morgan fingerprint density at radius 2 is 1.80 bits per heavy atom. The molecule has 15 heavy (non-hydrogen) atoms. The molecule has 1 fully saturated rings. The van der Waals surface area contributed by atoms with Gasteiger partial charge in [-0.25, -0.2) is 0 Å². The maximum Gasteiger partial charge on any atom is 0.0107 e. The third-order valence-corrected chi connectivity index (χ3v) is 3.87. The van der Waals surface area contributed by atoms with E-state index in [0.717, 1.165) is 24.4 Å². The molecule has 90 valence electrons. The lowest BCUT2D eigenvalue weighted by atomic mass is 9.74. The summed E-state index contributed by atoms with van der Waals surface area (Å²) in [6.45, 7) is 13.9. The molecule has 0 saturated heterocycles. The van der Waals surface area contributed by atoms with Gasteiger partial charge in [0.05, 0.1) is 0 Å². The molecule has 0 radical (unpaired) electrons. The number of nitrogens with one attached hydrogen (secondary N) is 1. The molecule has 0 bridgehead atoms. The van der Waals surface area contributed by atoms with Gasteiger partial charge in [0.2, 0.25) is 0 Å². The van der Waals surface area contributed by atoms with Gasteiger partial charge < -0.3 is 10.2 Å². The van der Waals surface area contributed by atoms with E-state index in [1.54, 1.807) is 0 Å². The van der Waals surface area contributed by atoms with E-state index >= 15 is 0 Å². The molecule has 0 spiro atoms. The lowest BCUT2D eigenvalue weighted by molar-refractivity contribution is 0.163. The Bertz CT molecular complexity index is 158. The van der Waals surface area contributed by atoms with Crippen LogP contribution in [0.3, 0.4) is 0 Å². The SMILES string of the molecule is CCN(CC)CCNC1CC(C(C)C)C1. The zero-order valence-corrected chi connectivity index (χ0v) is 10.9. The molecule has 0 aromatic heterocycles. The quantitative estimate of drug-likeness (QED) is 0.697. The minimum Gasteiger partial charge on any atom is -0.313 e. The van der Waals surface area contributed by atoms with Crippen LogP contribution in [-0.2, 0) is 0 Å². The molecule has 1 aliphatic carbocycles. The van der Waals surface area contributed by atoms with Crippen LogP contribution in [0.1, 0.15) is 40.5 Å². The van der Waals surface area contributed by atoms with E-state index < -0.39 is 0 Å². The average molecular weight is 212 g/mol. The summed E-state index contributed by atoms with van der Waals surface area (Å²) in [5, 5.41) is 3.66. The number of hydrogen-bond donors (Lipinski definition) is 1. The van der Waals surface area contributed by atoms with Crippen molar-refractivity contribution >= 4 is 0 Å². The highest BCUT2D eigenvalue weighted by atomic mass is 15.1. The van der Waals surface area contributed by atoms with Gasteiger partial charge in [0.25, 0.3) is 0 Å². The summed E-state index contributed by atoms with van der Waals surface area (Å²) in [4.78, 5) is 2.48. The predicted molar refractivity (Wildman–Crippen MR) is 67.1 cm³/mol. The second-order valence-corrected chi connectivity index (χ2v) is 5.15. The molecule has 2 nitrogen and oxygen atoms in total. The fourth-order valence-electron chi connectivity index (χ4n) is 2.34. The van der Waals surface area contributed by atoms with Gasteiger partial charge in [-0.05, 0) is 37.8 Å². The van der Waals surface area contributed by atoms with Gasteiger partial charge in [0, 0.05) is 19.1 Å². The standard InChI is InChI=1S/C13H28N2/c1-5-15(6-2)8-7-14-13-9-12(10-13)11(3)4/h11-14H,5-10H2,1-4H3. The summed E-state index contributed by atoms with van der Waals surface area (Å²) >= 11 is 0. The number of hydrogen-bond acceptors (Lipinski definition) is 2. The van der Waals surface area contributed by atoms with Gasteiger partial charge in [0.15, 0.2) is 0 Å². The zero-order valence-electron chi connectivity index (χ0n) is 10.9. The molecule has 0 unspecified atom stereocenters. The molecular weight excluding hydrogens is 184 g/mol.